The van der Waals surface area contributed by atoms with Gasteiger partial charge >= 0.3 is 18.9 Å². The molecular formula is C15H29AlLiN. The fourth-order valence-corrected chi connectivity index (χ4v) is 1.93. The van der Waals surface area contributed by atoms with Crippen LogP contribution < -0.4 is 5.32 Å². The molecule has 3 heteroatoms. The summed E-state index contributed by atoms with van der Waals surface area (Å²) in [7, 11) is 0. The molecule has 0 aliphatic heterocycles. The third kappa shape index (κ3) is 10.3. The quantitative estimate of drug-likeness (QED) is 0.553. The van der Waals surface area contributed by atoms with Crippen molar-refractivity contribution in [2.45, 2.75) is 39.5 Å². The second-order valence-electron chi connectivity index (χ2n) is 4.69. The van der Waals surface area contributed by atoms with Crippen LogP contribution in [0.25, 0.3) is 0 Å². The number of hydrogen-bond donors (Lipinski definition) is 1. The fourth-order valence-electron chi connectivity index (χ4n) is 1.93. The van der Waals surface area contributed by atoms with Crippen LogP contribution in [0, 0.1) is 5.92 Å². The minimum absolute atomic E-state index is 0. The van der Waals surface area contributed by atoms with Crippen molar-refractivity contribution in [1.82, 2.24) is 5.32 Å². The molecular weight excluding hydrogens is 228 g/mol. The van der Waals surface area contributed by atoms with Crippen LogP contribution in [-0.2, 0) is 6.42 Å². The molecule has 1 nitrogen and oxygen atoms in total. The Balaban J connectivity index is 0. The molecule has 1 N–H and O–H groups in total. The van der Waals surface area contributed by atoms with E-state index in [0.29, 0.717) is 0 Å². The van der Waals surface area contributed by atoms with Gasteiger partial charge in [0.25, 0.3) is 0 Å². The van der Waals surface area contributed by atoms with E-state index in [1.165, 1.54) is 37.8 Å². The van der Waals surface area contributed by atoms with Gasteiger partial charge in [0.1, 0.15) is 0 Å². The summed E-state index contributed by atoms with van der Waals surface area (Å²) in [6.45, 7) is 6.88. The van der Waals surface area contributed by atoms with Gasteiger partial charge in [-0.25, -0.2) is 0 Å². The third-order valence-electron chi connectivity index (χ3n) is 2.92. The standard InChI is InChI=1S/C15H25N.Al.Li.4H/c1-3-12-16-13-14(2)8-7-11-15-9-5-4-6-10-15;;;;;;/h4-6,9-10,14,16H,3,7-8,11-13H2,1-2H3;;;;;;/t14-;;;;;;/m1....../s1. The van der Waals surface area contributed by atoms with E-state index in [1.54, 1.807) is 0 Å². The van der Waals surface area contributed by atoms with Gasteiger partial charge in [-0.2, -0.15) is 0 Å². The molecule has 0 heterocycles. The SMILES string of the molecule is CCCNC[C@H](C)CCCc1ccccc1.[AlH3].[LiH]. The number of hydrogen-bond acceptors (Lipinski definition) is 1. The molecule has 0 unspecified atom stereocenters. The zero-order valence-electron chi connectivity index (χ0n) is 10.7. The van der Waals surface area contributed by atoms with E-state index >= 15 is 0 Å². The minimum atomic E-state index is 0. The van der Waals surface area contributed by atoms with Crippen LogP contribution >= 0.6 is 0 Å². The zero-order valence-corrected chi connectivity index (χ0v) is 10.7. The maximum atomic E-state index is 3.48. The van der Waals surface area contributed by atoms with Gasteiger partial charge in [0.05, 0.1) is 0 Å². The van der Waals surface area contributed by atoms with Crippen molar-refractivity contribution in [2.75, 3.05) is 13.1 Å². The van der Waals surface area contributed by atoms with Crippen LogP contribution in [0.2, 0.25) is 0 Å². The molecule has 0 fully saturated rings. The van der Waals surface area contributed by atoms with Gasteiger partial charge in [0.15, 0.2) is 17.4 Å². The molecule has 1 atom stereocenters. The summed E-state index contributed by atoms with van der Waals surface area (Å²) < 4.78 is 0. The first-order valence-electron chi connectivity index (χ1n) is 6.57. The van der Waals surface area contributed by atoms with E-state index < -0.39 is 0 Å². The van der Waals surface area contributed by atoms with Crippen LogP contribution in [0.4, 0.5) is 0 Å². The monoisotopic (exact) mass is 257 g/mol. The Kier molecular flexibility index (Phi) is 15.7. The third-order valence-corrected chi connectivity index (χ3v) is 2.92. The molecule has 1 aromatic rings. The zero-order chi connectivity index (χ0) is 11.6. The van der Waals surface area contributed by atoms with E-state index in [2.05, 4.69) is 49.5 Å². The molecule has 0 amide bonds. The van der Waals surface area contributed by atoms with Gasteiger partial charge in [-0.05, 0) is 50.3 Å². The summed E-state index contributed by atoms with van der Waals surface area (Å²) in [4.78, 5) is 0. The van der Waals surface area contributed by atoms with E-state index in [1.807, 2.05) is 0 Å². The summed E-state index contributed by atoms with van der Waals surface area (Å²) in [5.41, 5.74) is 1.47. The Morgan fingerprint density at radius 1 is 1.17 bits per heavy atom. The molecule has 0 aromatic heterocycles. The number of rotatable bonds is 8. The first kappa shape index (κ1) is 20.6. The average molecular weight is 257 g/mol. The summed E-state index contributed by atoms with van der Waals surface area (Å²) in [6, 6.07) is 10.8. The fraction of sp³-hybridized carbons (Fsp3) is 0.600. The molecule has 0 saturated heterocycles. The summed E-state index contributed by atoms with van der Waals surface area (Å²) in [6.07, 6.45) is 5.08. The second kappa shape index (κ2) is 13.7. The molecule has 0 spiro atoms. The van der Waals surface area contributed by atoms with Crippen molar-refractivity contribution in [2.24, 2.45) is 5.92 Å². The molecule has 18 heavy (non-hydrogen) atoms. The first-order valence-corrected chi connectivity index (χ1v) is 6.57. The van der Waals surface area contributed by atoms with Gasteiger partial charge in [0.2, 0.25) is 0 Å². The number of benzene rings is 1. The van der Waals surface area contributed by atoms with E-state index in [9.17, 15) is 0 Å². The Labute approximate surface area is 135 Å². The first-order chi connectivity index (χ1) is 7.83. The van der Waals surface area contributed by atoms with Crippen molar-refractivity contribution in [3.63, 3.8) is 0 Å². The summed E-state index contributed by atoms with van der Waals surface area (Å²) in [5, 5.41) is 3.48. The number of aryl methyl sites for hydroxylation is 1. The summed E-state index contributed by atoms with van der Waals surface area (Å²) in [5.74, 6) is 0.801. The van der Waals surface area contributed by atoms with Crippen LogP contribution in [0.3, 0.4) is 0 Å². The van der Waals surface area contributed by atoms with Gasteiger partial charge < -0.3 is 5.32 Å². The normalized spacial score (nSPS) is 11.2. The Morgan fingerprint density at radius 3 is 2.44 bits per heavy atom. The Bertz CT molecular complexity index is 266. The second-order valence-corrected chi connectivity index (χ2v) is 4.69. The topological polar surface area (TPSA) is 12.0 Å². The van der Waals surface area contributed by atoms with Crippen molar-refractivity contribution in [3.8, 4) is 0 Å². The van der Waals surface area contributed by atoms with E-state index in [0.717, 1.165) is 12.5 Å². The molecule has 0 aliphatic rings. The molecule has 0 radical (unpaired) electrons. The molecule has 0 aliphatic carbocycles. The molecule has 1 rings (SSSR count). The van der Waals surface area contributed by atoms with Crippen LogP contribution in [0.1, 0.15) is 38.7 Å². The van der Waals surface area contributed by atoms with Gasteiger partial charge in [-0.1, -0.05) is 44.2 Å². The Morgan fingerprint density at radius 2 is 1.83 bits per heavy atom. The van der Waals surface area contributed by atoms with Crippen molar-refractivity contribution in [3.05, 3.63) is 35.9 Å². The maximum absolute atomic E-state index is 3.48. The van der Waals surface area contributed by atoms with E-state index in [-0.39, 0.29) is 36.2 Å². The van der Waals surface area contributed by atoms with Gasteiger partial charge in [-0.3, -0.25) is 0 Å². The van der Waals surface area contributed by atoms with Gasteiger partial charge in [-0.15, -0.1) is 0 Å². The summed E-state index contributed by atoms with van der Waals surface area (Å²) >= 11 is 0. The molecule has 0 saturated carbocycles. The predicted octanol–water partition coefficient (Wildman–Crippen LogP) is 1.81. The number of nitrogens with one attached hydrogen (secondary N) is 1. The van der Waals surface area contributed by atoms with Crippen LogP contribution in [0.15, 0.2) is 30.3 Å². The van der Waals surface area contributed by atoms with Crippen molar-refractivity contribution >= 4 is 36.2 Å². The molecule has 98 valence electrons. The average Bonchev–Trinajstić information content (AvgIpc) is 2.31. The van der Waals surface area contributed by atoms with E-state index in [4.69, 9.17) is 0 Å². The van der Waals surface area contributed by atoms with Gasteiger partial charge in [0, 0.05) is 0 Å². The van der Waals surface area contributed by atoms with Crippen LogP contribution in [0.5, 0.6) is 0 Å². The van der Waals surface area contributed by atoms with Crippen LogP contribution in [-0.4, -0.2) is 49.3 Å². The van der Waals surface area contributed by atoms with Crippen molar-refractivity contribution < 1.29 is 0 Å². The predicted molar refractivity (Wildman–Crippen MR) is 88.8 cm³/mol. The molecule has 1 aromatic carbocycles. The Hall–Kier alpha value is 0.310. The van der Waals surface area contributed by atoms with Crippen molar-refractivity contribution in [1.29, 1.82) is 0 Å². The molecule has 0 bridgehead atoms.